The molecule has 2 fully saturated rings. The summed E-state index contributed by atoms with van der Waals surface area (Å²) in [5.41, 5.74) is 0. The molecule has 0 N–H and O–H groups in total. The lowest BCUT2D eigenvalue weighted by atomic mass is 10.3. The standard InChI is InChI=1S/C18H26FN3O3/c19-16-1-3-17(4-2-16)25-14-11-20-5-7-22(8-6-20)18(23)15-21-9-12-24-13-10-21/h1-4H,5-15H2. The number of nitrogens with zero attached hydrogens (tertiary/aromatic N) is 3. The Morgan fingerprint density at radius 3 is 2.36 bits per heavy atom. The van der Waals surface area contributed by atoms with Crippen LogP contribution in [0.15, 0.2) is 24.3 Å². The van der Waals surface area contributed by atoms with Crippen molar-refractivity contribution in [2.24, 2.45) is 0 Å². The number of halogens is 1. The minimum atomic E-state index is -0.259. The molecule has 0 radical (unpaired) electrons. The summed E-state index contributed by atoms with van der Waals surface area (Å²) in [6, 6.07) is 6.07. The Bertz CT molecular complexity index is 541. The van der Waals surface area contributed by atoms with E-state index in [2.05, 4.69) is 9.80 Å². The highest BCUT2D eigenvalue weighted by Crippen LogP contribution is 2.11. The number of carbonyl (C=O) groups excluding carboxylic acids is 1. The van der Waals surface area contributed by atoms with E-state index in [9.17, 15) is 9.18 Å². The third-order valence-corrected chi connectivity index (χ3v) is 4.68. The van der Waals surface area contributed by atoms with E-state index in [1.165, 1.54) is 12.1 Å². The van der Waals surface area contributed by atoms with Gasteiger partial charge in [-0.2, -0.15) is 0 Å². The number of piperazine rings is 1. The average molecular weight is 351 g/mol. The summed E-state index contributed by atoms with van der Waals surface area (Å²) in [5, 5.41) is 0. The molecule has 0 spiro atoms. The predicted octanol–water partition coefficient (Wildman–Crippen LogP) is 0.681. The van der Waals surface area contributed by atoms with Gasteiger partial charge in [-0.15, -0.1) is 0 Å². The number of morpholine rings is 1. The van der Waals surface area contributed by atoms with Crippen molar-refractivity contribution in [2.45, 2.75) is 0 Å². The van der Waals surface area contributed by atoms with Crippen molar-refractivity contribution in [3.05, 3.63) is 30.1 Å². The zero-order valence-corrected chi connectivity index (χ0v) is 14.5. The normalized spacial score (nSPS) is 19.8. The molecule has 7 heteroatoms. The first-order valence-electron chi connectivity index (χ1n) is 8.89. The summed E-state index contributed by atoms with van der Waals surface area (Å²) in [6.07, 6.45) is 0. The van der Waals surface area contributed by atoms with E-state index in [4.69, 9.17) is 9.47 Å². The summed E-state index contributed by atoms with van der Waals surface area (Å²) in [4.78, 5) is 18.8. The van der Waals surface area contributed by atoms with Crippen molar-refractivity contribution in [3.8, 4) is 5.75 Å². The highest BCUT2D eigenvalue weighted by molar-refractivity contribution is 5.78. The Morgan fingerprint density at radius 1 is 1.00 bits per heavy atom. The van der Waals surface area contributed by atoms with Crippen molar-refractivity contribution >= 4 is 5.91 Å². The largest absolute Gasteiger partial charge is 0.492 e. The molecule has 0 bridgehead atoms. The smallest absolute Gasteiger partial charge is 0.236 e. The molecule has 1 amide bonds. The fourth-order valence-electron chi connectivity index (χ4n) is 3.09. The van der Waals surface area contributed by atoms with Crippen LogP contribution < -0.4 is 4.74 Å². The molecule has 138 valence electrons. The zero-order chi connectivity index (χ0) is 17.5. The summed E-state index contributed by atoms with van der Waals surface area (Å²) in [6.45, 7) is 8.24. The van der Waals surface area contributed by atoms with Crippen LogP contribution in [0.4, 0.5) is 4.39 Å². The van der Waals surface area contributed by atoms with E-state index in [-0.39, 0.29) is 11.7 Å². The van der Waals surface area contributed by atoms with Crippen LogP contribution in [0.2, 0.25) is 0 Å². The van der Waals surface area contributed by atoms with Crippen LogP contribution in [0, 0.1) is 5.82 Å². The number of amides is 1. The first-order valence-corrected chi connectivity index (χ1v) is 8.89. The maximum Gasteiger partial charge on any atom is 0.236 e. The van der Waals surface area contributed by atoms with E-state index in [1.807, 2.05) is 4.90 Å². The lowest BCUT2D eigenvalue weighted by Gasteiger charge is -2.36. The van der Waals surface area contributed by atoms with Gasteiger partial charge in [-0.05, 0) is 24.3 Å². The molecule has 3 rings (SSSR count). The third-order valence-electron chi connectivity index (χ3n) is 4.68. The third kappa shape index (κ3) is 5.66. The van der Waals surface area contributed by atoms with Crippen molar-refractivity contribution in [2.75, 3.05) is 72.2 Å². The van der Waals surface area contributed by atoms with Crippen LogP contribution >= 0.6 is 0 Å². The molecule has 0 saturated carbocycles. The molecule has 0 aromatic heterocycles. The minimum Gasteiger partial charge on any atom is -0.492 e. The number of rotatable bonds is 6. The highest BCUT2D eigenvalue weighted by Gasteiger charge is 2.23. The van der Waals surface area contributed by atoms with Gasteiger partial charge in [0, 0.05) is 45.8 Å². The SMILES string of the molecule is O=C(CN1CCOCC1)N1CCN(CCOc2ccc(F)cc2)CC1. The van der Waals surface area contributed by atoms with Crippen molar-refractivity contribution in [1.29, 1.82) is 0 Å². The number of hydrogen-bond acceptors (Lipinski definition) is 5. The summed E-state index contributed by atoms with van der Waals surface area (Å²) >= 11 is 0. The molecule has 2 heterocycles. The Kier molecular flexibility index (Phi) is 6.61. The second-order valence-electron chi connectivity index (χ2n) is 6.41. The fourth-order valence-corrected chi connectivity index (χ4v) is 3.09. The van der Waals surface area contributed by atoms with Gasteiger partial charge < -0.3 is 14.4 Å². The highest BCUT2D eigenvalue weighted by atomic mass is 19.1. The monoisotopic (exact) mass is 351 g/mol. The Labute approximate surface area is 148 Å². The van der Waals surface area contributed by atoms with Crippen LogP contribution in [0.3, 0.4) is 0 Å². The number of carbonyl (C=O) groups is 1. The van der Waals surface area contributed by atoms with Crippen LogP contribution in [0.25, 0.3) is 0 Å². The molecule has 0 atom stereocenters. The maximum absolute atomic E-state index is 12.8. The molecule has 1 aromatic rings. The van der Waals surface area contributed by atoms with Crippen molar-refractivity contribution in [1.82, 2.24) is 14.7 Å². The second-order valence-corrected chi connectivity index (χ2v) is 6.41. The van der Waals surface area contributed by atoms with E-state index in [1.54, 1.807) is 12.1 Å². The quantitative estimate of drug-likeness (QED) is 0.754. The molecular formula is C18H26FN3O3. The van der Waals surface area contributed by atoms with E-state index in [0.717, 1.165) is 59.0 Å². The maximum atomic E-state index is 12.8. The van der Waals surface area contributed by atoms with Gasteiger partial charge in [0.2, 0.25) is 5.91 Å². The number of benzene rings is 1. The van der Waals surface area contributed by atoms with Gasteiger partial charge in [0.15, 0.2) is 0 Å². The van der Waals surface area contributed by atoms with Gasteiger partial charge in [0.25, 0.3) is 0 Å². The van der Waals surface area contributed by atoms with Crippen LogP contribution in [-0.4, -0.2) is 92.8 Å². The summed E-state index contributed by atoms with van der Waals surface area (Å²) < 4.78 is 23.8. The molecular weight excluding hydrogens is 325 g/mol. The summed E-state index contributed by atoms with van der Waals surface area (Å²) in [7, 11) is 0. The van der Waals surface area contributed by atoms with Gasteiger partial charge in [-0.3, -0.25) is 14.6 Å². The van der Waals surface area contributed by atoms with Crippen molar-refractivity contribution in [3.63, 3.8) is 0 Å². The van der Waals surface area contributed by atoms with Gasteiger partial charge in [0.05, 0.1) is 19.8 Å². The van der Waals surface area contributed by atoms with E-state index in [0.29, 0.717) is 18.9 Å². The first-order chi connectivity index (χ1) is 12.2. The lowest BCUT2D eigenvalue weighted by Crippen LogP contribution is -2.52. The minimum absolute atomic E-state index is 0.212. The van der Waals surface area contributed by atoms with Gasteiger partial charge in [-0.25, -0.2) is 4.39 Å². The molecule has 2 saturated heterocycles. The Balaban J connectivity index is 1.32. The molecule has 0 unspecified atom stereocenters. The van der Waals surface area contributed by atoms with E-state index >= 15 is 0 Å². The predicted molar refractivity (Wildman–Crippen MR) is 92.2 cm³/mol. The topological polar surface area (TPSA) is 45.2 Å². The molecule has 1 aromatic carbocycles. The molecule has 2 aliphatic heterocycles. The van der Waals surface area contributed by atoms with Gasteiger partial charge in [0.1, 0.15) is 18.2 Å². The molecule has 25 heavy (non-hydrogen) atoms. The average Bonchev–Trinajstić information content (AvgIpc) is 2.65. The van der Waals surface area contributed by atoms with E-state index < -0.39 is 0 Å². The second kappa shape index (κ2) is 9.12. The number of hydrogen-bond donors (Lipinski definition) is 0. The Hall–Kier alpha value is -1.70. The zero-order valence-electron chi connectivity index (χ0n) is 14.5. The Morgan fingerprint density at radius 2 is 1.68 bits per heavy atom. The molecule has 6 nitrogen and oxygen atoms in total. The van der Waals surface area contributed by atoms with Gasteiger partial charge in [-0.1, -0.05) is 0 Å². The van der Waals surface area contributed by atoms with Crippen LogP contribution in [-0.2, 0) is 9.53 Å². The lowest BCUT2D eigenvalue weighted by molar-refractivity contribution is -0.135. The summed E-state index contributed by atoms with van der Waals surface area (Å²) in [5.74, 6) is 0.634. The van der Waals surface area contributed by atoms with Crippen LogP contribution in [0.1, 0.15) is 0 Å². The van der Waals surface area contributed by atoms with Crippen molar-refractivity contribution < 1.29 is 18.7 Å². The number of ether oxygens (including phenoxy) is 2. The fraction of sp³-hybridized carbons (Fsp3) is 0.611. The molecule has 0 aliphatic carbocycles. The molecule has 2 aliphatic rings. The van der Waals surface area contributed by atoms with Crippen LogP contribution in [0.5, 0.6) is 5.75 Å². The first kappa shape index (κ1) is 18.1. The van der Waals surface area contributed by atoms with Gasteiger partial charge >= 0.3 is 0 Å².